The lowest BCUT2D eigenvalue weighted by atomic mass is 10.1. The van der Waals surface area contributed by atoms with Crippen molar-refractivity contribution in [3.05, 3.63) is 59.9 Å². The van der Waals surface area contributed by atoms with Crippen molar-refractivity contribution >= 4 is 28.5 Å². The first-order valence-electron chi connectivity index (χ1n) is 9.87. The van der Waals surface area contributed by atoms with Crippen LogP contribution < -0.4 is 10.1 Å². The second-order valence-electron chi connectivity index (χ2n) is 6.56. The molecule has 0 unspecified atom stereocenters. The summed E-state index contributed by atoms with van der Waals surface area (Å²) < 4.78 is 16.4. The van der Waals surface area contributed by atoms with Gasteiger partial charge in [0.25, 0.3) is 5.91 Å². The third-order valence-electron chi connectivity index (χ3n) is 4.43. The van der Waals surface area contributed by atoms with Crippen LogP contribution in [-0.4, -0.2) is 25.1 Å². The van der Waals surface area contributed by atoms with E-state index in [0.29, 0.717) is 28.8 Å². The Bertz CT molecular complexity index is 975. The summed E-state index contributed by atoms with van der Waals surface area (Å²) in [7, 11) is 0. The molecule has 1 heterocycles. The standard InChI is InChI=1S/C23H25NO5/c1-3-5-8-15-28-17-13-11-16(12-14-17)22(25)24-20-18-9-6-7-10-19(18)29-21(20)23(26)27-4-2/h6-7,9-14H,3-5,8,15H2,1-2H3,(H,24,25). The van der Waals surface area contributed by atoms with Gasteiger partial charge in [-0.15, -0.1) is 0 Å². The molecule has 29 heavy (non-hydrogen) atoms. The van der Waals surface area contributed by atoms with Crippen molar-refractivity contribution in [1.29, 1.82) is 0 Å². The molecular weight excluding hydrogens is 370 g/mol. The first-order valence-corrected chi connectivity index (χ1v) is 9.87. The lowest BCUT2D eigenvalue weighted by Gasteiger charge is -2.08. The Kier molecular flexibility index (Phi) is 6.89. The molecule has 6 heteroatoms. The van der Waals surface area contributed by atoms with Crippen LogP contribution in [-0.2, 0) is 4.74 Å². The largest absolute Gasteiger partial charge is 0.494 e. The highest BCUT2D eigenvalue weighted by molar-refractivity contribution is 6.13. The highest BCUT2D eigenvalue weighted by atomic mass is 16.5. The maximum absolute atomic E-state index is 12.8. The lowest BCUT2D eigenvalue weighted by Crippen LogP contribution is -2.15. The van der Waals surface area contributed by atoms with Crippen LogP contribution in [0.25, 0.3) is 11.0 Å². The van der Waals surface area contributed by atoms with Gasteiger partial charge in [-0.2, -0.15) is 0 Å². The van der Waals surface area contributed by atoms with Gasteiger partial charge in [0.05, 0.1) is 13.2 Å². The minimum absolute atomic E-state index is 0.0164. The van der Waals surface area contributed by atoms with Gasteiger partial charge in [0.2, 0.25) is 5.76 Å². The van der Waals surface area contributed by atoms with Crippen molar-refractivity contribution < 1.29 is 23.5 Å². The predicted octanol–water partition coefficient (Wildman–Crippen LogP) is 5.43. The highest BCUT2D eigenvalue weighted by Crippen LogP contribution is 2.32. The minimum atomic E-state index is -0.616. The van der Waals surface area contributed by atoms with Crippen LogP contribution in [0.15, 0.2) is 52.9 Å². The maximum Gasteiger partial charge on any atom is 0.376 e. The topological polar surface area (TPSA) is 77.8 Å². The van der Waals surface area contributed by atoms with E-state index in [2.05, 4.69) is 12.2 Å². The molecule has 0 atom stereocenters. The average Bonchev–Trinajstić information content (AvgIpc) is 3.10. The van der Waals surface area contributed by atoms with Crippen molar-refractivity contribution in [2.24, 2.45) is 0 Å². The molecule has 0 spiro atoms. The normalized spacial score (nSPS) is 10.7. The molecule has 1 N–H and O–H groups in total. The van der Waals surface area contributed by atoms with E-state index in [1.54, 1.807) is 49.4 Å². The van der Waals surface area contributed by atoms with Gasteiger partial charge in [0, 0.05) is 10.9 Å². The molecule has 0 radical (unpaired) electrons. The van der Waals surface area contributed by atoms with Crippen LogP contribution in [0.5, 0.6) is 5.75 Å². The van der Waals surface area contributed by atoms with Crippen LogP contribution in [0.2, 0.25) is 0 Å². The summed E-state index contributed by atoms with van der Waals surface area (Å²) in [6.45, 7) is 4.72. The third kappa shape index (κ3) is 4.96. The summed E-state index contributed by atoms with van der Waals surface area (Å²) in [6, 6.07) is 14.0. The zero-order valence-electron chi connectivity index (χ0n) is 16.7. The Balaban J connectivity index is 1.77. The van der Waals surface area contributed by atoms with Gasteiger partial charge >= 0.3 is 5.97 Å². The number of carbonyl (C=O) groups excluding carboxylic acids is 2. The molecule has 1 aromatic heterocycles. The Morgan fingerprint density at radius 1 is 1.00 bits per heavy atom. The third-order valence-corrected chi connectivity index (χ3v) is 4.43. The first kappa shape index (κ1) is 20.5. The number of unbranched alkanes of at least 4 members (excludes halogenated alkanes) is 2. The molecule has 1 amide bonds. The fourth-order valence-corrected chi connectivity index (χ4v) is 2.94. The summed E-state index contributed by atoms with van der Waals surface area (Å²) >= 11 is 0. The summed E-state index contributed by atoms with van der Waals surface area (Å²) in [5.74, 6) is -0.259. The summed E-state index contributed by atoms with van der Waals surface area (Å²) in [4.78, 5) is 25.0. The molecule has 2 aromatic carbocycles. The zero-order valence-corrected chi connectivity index (χ0v) is 16.7. The Labute approximate surface area is 169 Å². The molecule has 0 aliphatic rings. The predicted molar refractivity (Wildman–Crippen MR) is 112 cm³/mol. The number of carbonyl (C=O) groups is 2. The van der Waals surface area contributed by atoms with E-state index in [1.165, 1.54) is 0 Å². The van der Waals surface area contributed by atoms with E-state index in [1.807, 2.05) is 6.07 Å². The molecule has 3 aromatic rings. The van der Waals surface area contributed by atoms with Gasteiger partial charge in [0.15, 0.2) is 0 Å². The van der Waals surface area contributed by atoms with Crippen molar-refractivity contribution in [1.82, 2.24) is 0 Å². The molecule has 3 rings (SSSR count). The van der Waals surface area contributed by atoms with Crippen LogP contribution in [0.3, 0.4) is 0 Å². The number of rotatable bonds is 9. The molecule has 0 saturated heterocycles. The zero-order chi connectivity index (χ0) is 20.6. The van der Waals surface area contributed by atoms with Crippen molar-refractivity contribution in [3.63, 3.8) is 0 Å². The van der Waals surface area contributed by atoms with Crippen molar-refractivity contribution in [2.75, 3.05) is 18.5 Å². The number of nitrogens with one attached hydrogen (secondary N) is 1. The minimum Gasteiger partial charge on any atom is -0.494 e. The van der Waals surface area contributed by atoms with E-state index < -0.39 is 5.97 Å². The van der Waals surface area contributed by atoms with Gasteiger partial charge in [0.1, 0.15) is 17.0 Å². The van der Waals surface area contributed by atoms with Crippen molar-refractivity contribution in [2.45, 2.75) is 33.1 Å². The van der Waals surface area contributed by atoms with E-state index in [9.17, 15) is 9.59 Å². The number of amides is 1. The van der Waals surface area contributed by atoms with Gasteiger partial charge in [-0.25, -0.2) is 4.79 Å². The Morgan fingerprint density at radius 3 is 2.48 bits per heavy atom. The molecular formula is C23H25NO5. The molecule has 0 fully saturated rings. The van der Waals surface area contributed by atoms with Crippen LogP contribution in [0, 0.1) is 0 Å². The monoisotopic (exact) mass is 395 g/mol. The van der Waals surface area contributed by atoms with Gasteiger partial charge in [-0.1, -0.05) is 31.9 Å². The Hall–Kier alpha value is -3.28. The van der Waals surface area contributed by atoms with E-state index in [-0.39, 0.29) is 18.3 Å². The quantitative estimate of drug-likeness (QED) is 0.386. The summed E-state index contributed by atoms with van der Waals surface area (Å²) in [5.41, 5.74) is 1.26. The second kappa shape index (κ2) is 9.78. The summed E-state index contributed by atoms with van der Waals surface area (Å²) in [5, 5.41) is 3.43. The maximum atomic E-state index is 12.8. The average molecular weight is 395 g/mol. The van der Waals surface area contributed by atoms with Crippen LogP contribution in [0.1, 0.15) is 54.0 Å². The van der Waals surface area contributed by atoms with Gasteiger partial charge in [-0.05, 0) is 49.7 Å². The lowest BCUT2D eigenvalue weighted by molar-refractivity contribution is 0.0494. The number of ether oxygens (including phenoxy) is 2. The van der Waals surface area contributed by atoms with Gasteiger partial charge < -0.3 is 19.2 Å². The van der Waals surface area contributed by atoms with Crippen LogP contribution >= 0.6 is 0 Å². The number of hydrogen-bond donors (Lipinski definition) is 1. The SMILES string of the molecule is CCCCCOc1ccc(C(=O)Nc2c(C(=O)OCC)oc3ccccc23)cc1. The van der Waals surface area contributed by atoms with Crippen molar-refractivity contribution in [3.8, 4) is 5.75 Å². The number of hydrogen-bond acceptors (Lipinski definition) is 5. The molecule has 0 aliphatic heterocycles. The fraction of sp³-hybridized carbons (Fsp3) is 0.304. The number of anilines is 1. The van der Waals surface area contributed by atoms with Crippen LogP contribution in [0.4, 0.5) is 5.69 Å². The number of benzene rings is 2. The smallest absolute Gasteiger partial charge is 0.376 e. The molecule has 0 saturated carbocycles. The highest BCUT2D eigenvalue weighted by Gasteiger charge is 2.23. The molecule has 6 nitrogen and oxygen atoms in total. The Morgan fingerprint density at radius 2 is 1.76 bits per heavy atom. The second-order valence-corrected chi connectivity index (χ2v) is 6.56. The first-order chi connectivity index (χ1) is 14.1. The van der Waals surface area contributed by atoms with E-state index in [0.717, 1.165) is 25.0 Å². The molecule has 0 aliphatic carbocycles. The number of esters is 1. The summed E-state index contributed by atoms with van der Waals surface area (Å²) in [6.07, 6.45) is 3.27. The fourth-order valence-electron chi connectivity index (χ4n) is 2.94. The number of para-hydroxylation sites is 1. The molecule has 152 valence electrons. The van der Waals surface area contributed by atoms with E-state index in [4.69, 9.17) is 13.9 Å². The van der Waals surface area contributed by atoms with E-state index >= 15 is 0 Å². The van der Waals surface area contributed by atoms with Gasteiger partial charge in [-0.3, -0.25) is 4.79 Å². The number of fused-ring (bicyclic) bond motifs is 1. The number of furan rings is 1. The molecule has 0 bridgehead atoms.